The van der Waals surface area contributed by atoms with Gasteiger partial charge in [0.05, 0.1) is 23.7 Å². The van der Waals surface area contributed by atoms with Crippen molar-refractivity contribution in [1.29, 1.82) is 0 Å². The minimum absolute atomic E-state index is 0.0449. The molecular formula is C21H24N4O4S. The Morgan fingerprint density at radius 3 is 2.67 bits per heavy atom. The molecule has 30 heavy (non-hydrogen) atoms. The predicted octanol–water partition coefficient (Wildman–Crippen LogP) is 1.41. The van der Waals surface area contributed by atoms with Gasteiger partial charge in [-0.15, -0.1) is 0 Å². The standard InChI is InChI=1S/C21H24N4O4S/c1-24-13-15(12-22-24)18-21(16-4-2-3-5-17(16)23-20(21)27)8-9-25(18)19(26)14-6-10-30(28,29)11-7-14/h2-5,12-14,18H,6-11H2,1H3,(H,23,27)/t18-,21+/m0/s1. The van der Waals surface area contributed by atoms with Gasteiger partial charge in [-0.1, -0.05) is 18.2 Å². The summed E-state index contributed by atoms with van der Waals surface area (Å²) in [5.41, 5.74) is 1.65. The molecule has 2 fully saturated rings. The van der Waals surface area contributed by atoms with Crippen LogP contribution in [-0.4, -0.2) is 53.0 Å². The first-order valence-corrected chi connectivity index (χ1v) is 12.0. The highest BCUT2D eigenvalue weighted by Gasteiger charge is 2.60. The average Bonchev–Trinajstić information content (AvgIpc) is 3.39. The van der Waals surface area contributed by atoms with Crippen molar-refractivity contribution >= 4 is 27.3 Å². The van der Waals surface area contributed by atoms with Gasteiger partial charge in [0.1, 0.15) is 15.3 Å². The molecule has 1 spiro atoms. The number of para-hydroxylation sites is 1. The van der Waals surface area contributed by atoms with E-state index in [4.69, 9.17) is 0 Å². The Labute approximate surface area is 175 Å². The maximum atomic E-state index is 13.5. The molecule has 3 aliphatic heterocycles. The lowest BCUT2D eigenvalue weighted by atomic mass is 9.73. The van der Waals surface area contributed by atoms with Gasteiger partial charge in [0.2, 0.25) is 11.8 Å². The average molecular weight is 429 g/mol. The van der Waals surface area contributed by atoms with Gasteiger partial charge < -0.3 is 10.2 Å². The monoisotopic (exact) mass is 428 g/mol. The molecular weight excluding hydrogens is 404 g/mol. The van der Waals surface area contributed by atoms with Gasteiger partial charge in [0.25, 0.3) is 0 Å². The highest BCUT2D eigenvalue weighted by atomic mass is 32.2. The topological polar surface area (TPSA) is 101 Å². The molecule has 4 heterocycles. The van der Waals surface area contributed by atoms with E-state index in [0.717, 1.165) is 16.8 Å². The molecule has 1 aromatic heterocycles. The number of hydrogen-bond acceptors (Lipinski definition) is 5. The van der Waals surface area contributed by atoms with Crippen molar-refractivity contribution in [2.75, 3.05) is 23.4 Å². The molecule has 2 amide bonds. The highest BCUT2D eigenvalue weighted by Crippen LogP contribution is 2.55. The molecule has 2 saturated heterocycles. The van der Waals surface area contributed by atoms with Gasteiger partial charge in [0.15, 0.2) is 0 Å². The lowest BCUT2D eigenvalue weighted by Crippen LogP contribution is -2.45. The van der Waals surface area contributed by atoms with E-state index in [1.807, 2.05) is 37.5 Å². The summed E-state index contributed by atoms with van der Waals surface area (Å²) in [6.45, 7) is 0.448. The van der Waals surface area contributed by atoms with E-state index in [1.165, 1.54) is 0 Å². The second-order valence-corrected chi connectivity index (χ2v) is 10.8. The number of benzene rings is 1. The number of rotatable bonds is 2. The summed E-state index contributed by atoms with van der Waals surface area (Å²) in [5, 5.41) is 7.29. The Morgan fingerprint density at radius 1 is 1.23 bits per heavy atom. The molecule has 5 rings (SSSR count). The summed E-state index contributed by atoms with van der Waals surface area (Å²) in [6.07, 6.45) is 4.78. The molecule has 0 aliphatic carbocycles. The number of anilines is 1. The maximum Gasteiger partial charge on any atom is 0.237 e. The number of aryl methyl sites for hydroxylation is 1. The van der Waals surface area contributed by atoms with Crippen molar-refractivity contribution in [3.8, 4) is 0 Å². The van der Waals surface area contributed by atoms with Crippen LogP contribution in [0.5, 0.6) is 0 Å². The number of nitrogens with one attached hydrogen (secondary N) is 1. The molecule has 0 radical (unpaired) electrons. The second-order valence-electron chi connectivity index (χ2n) is 8.53. The maximum absolute atomic E-state index is 13.5. The molecule has 1 aromatic carbocycles. The van der Waals surface area contributed by atoms with Crippen LogP contribution in [0, 0.1) is 5.92 Å². The van der Waals surface area contributed by atoms with Crippen LogP contribution in [0.15, 0.2) is 36.7 Å². The Bertz CT molecular complexity index is 1130. The molecule has 2 atom stereocenters. The first kappa shape index (κ1) is 19.3. The van der Waals surface area contributed by atoms with Crippen molar-refractivity contribution in [2.45, 2.75) is 30.7 Å². The quantitative estimate of drug-likeness (QED) is 0.779. The Hall–Kier alpha value is -2.68. The summed E-state index contributed by atoms with van der Waals surface area (Å²) < 4.78 is 25.3. The second kappa shape index (κ2) is 6.66. The molecule has 158 valence electrons. The van der Waals surface area contributed by atoms with Gasteiger partial charge in [-0.3, -0.25) is 14.3 Å². The van der Waals surface area contributed by atoms with Crippen LogP contribution in [0.4, 0.5) is 5.69 Å². The molecule has 1 N–H and O–H groups in total. The van der Waals surface area contributed by atoms with Crippen LogP contribution in [0.25, 0.3) is 0 Å². The van der Waals surface area contributed by atoms with Crippen LogP contribution in [0.1, 0.15) is 36.4 Å². The number of amides is 2. The Morgan fingerprint density at radius 2 is 1.97 bits per heavy atom. The number of aromatic nitrogens is 2. The van der Waals surface area contributed by atoms with Crippen LogP contribution >= 0.6 is 0 Å². The van der Waals surface area contributed by atoms with Crippen LogP contribution < -0.4 is 5.32 Å². The molecule has 8 nitrogen and oxygen atoms in total. The van der Waals surface area contributed by atoms with E-state index in [1.54, 1.807) is 15.8 Å². The van der Waals surface area contributed by atoms with E-state index in [0.29, 0.717) is 25.8 Å². The zero-order valence-corrected chi connectivity index (χ0v) is 17.6. The zero-order valence-electron chi connectivity index (χ0n) is 16.7. The lowest BCUT2D eigenvalue weighted by molar-refractivity contribution is -0.138. The number of hydrogen-bond donors (Lipinski definition) is 1. The van der Waals surface area contributed by atoms with Crippen LogP contribution in [-0.2, 0) is 31.9 Å². The van der Waals surface area contributed by atoms with E-state index in [-0.39, 0.29) is 29.2 Å². The Kier molecular flexibility index (Phi) is 4.29. The summed E-state index contributed by atoms with van der Waals surface area (Å²) in [4.78, 5) is 28.6. The van der Waals surface area contributed by atoms with Crippen LogP contribution in [0.3, 0.4) is 0 Å². The van der Waals surface area contributed by atoms with Crippen molar-refractivity contribution < 1.29 is 18.0 Å². The predicted molar refractivity (Wildman–Crippen MR) is 110 cm³/mol. The van der Waals surface area contributed by atoms with Gasteiger partial charge in [0, 0.05) is 37.0 Å². The fourth-order valence-corrected chi connectivity index (χ4v) is 6.83. The smallest absolute Gasteiger partial charge is 0.237 e. The normalized spacial score (nSPS) is 28.0. The summed E-state index contributed by atoms with van der Waals surface area (Å²) in [7, 11) is -1.24. The van der Waals surface area contributed by atoms with Crippen LogP contribution in [0.2, 0.25) is 0 Å². The molecule has 9 heteroatoms. The molecule has 2 aromatic rings. The van der Waals surface area contributed by atoms with Crippen molar-refractivity contribution in [3.05, 3.63) is 47.8 Å². The zero-order chi connectivity index (χ0) is 21.1. The third-order valence-electron chi connectivity index (χ3n) is 6.81. The number of fused-ring (bicyclic) bond motifs is 2. The van der Waals surface area contributed by atoms with Gasteiger partial charge >= 0.3 is 0 Å². The third-order valence-corrected chi connectivity index (χ3v) is 8.53. The van der Waals surface area contributed by atoms with Crippen molar-refractivity contribution in [1.82, 2.24) is 14.7 Å². The number of nitrogens with zero attached hydrogens (tertiary/aromatic N) is 3. The third kappa shape index (κ3) is 2.79. The number of carbonyl (C=O) groups is 2. The fraction of sp³-hybridized carbons (Fsp3) is 0.476. The van der Waals surface area contributed by atoms with Crippen molar-refractivity contribution in [3.63, 3.8) is 0 Å². The van der Waals surface area contributed by atoms with Gasteiger partial charge in [-0.2, -0.15) is 5.10 Å². The molecule has 0 unspecified atom stereocenters. The summed E-state index contributed by atoms with van der Waals surface area (Å²) in [5.74, 6) is -0.401. The summed E-state index contributed by atoms with van der Waals surface area (Å²) >= 11 is 0. The first-order valence-electron chi connectivity index (χ1n) is 10.2. The van der Waals surface area contributed by atoms with Gasteiger partial charge in [-0.05, 0) is 30.9 Å². The largest absolute Gasteiger partial charge is 0.334 e. The van der Waals surface area contributed by atoms with E-state index in [2.05, 4.69) is 10.4 Å². The first-order chi connectivity index (χ1) is 14.3. The molecule has 3 aliphatic rings. The minimum Gasteiger partial charge on any atom is -0.334 e. The van der Waals surface area contributed by atoms with Gasteiger partial charge in [-0.25, -0.2) is 8.42 Å². The minimum atomic E-state index is -3.05. The number of carbonyl (C=O) groups excluding carboxylic acids is 2. The number of sulfone groups is 1. The lowest BCUT2D eigenvalue weighted by Gasteiger charge is -2.35. The Balaban J connectivity index is 1.57. The SMILES string of the molecule is Cn1cc([C@@H]2N(C(=O)C3CCS(=O)(=O)CC3)CC[C@]23C(=O)Nc2ccccc23)cn1. The summed E-state index contributed by atoms with van der Waals surface area (Å²) in [6, 6.07) is 7.17. The molecule has 0 bridgehead atoms. The fourth-order valence-electron chi connectivity index (χ4n) is 5.34. The van der Waals surface area contributed by atoms with E-state index >= 15 is 0 Å². The number of likely N-dealkylation sites (tertiary alicyclic amines) is 1. The highest BCUT2D eigenvalue weighted by molar-refractivity contribution is 7.91. The van der Waals surface area contributed by atoms with Crippen molar-refractivity contribution in [2.24, 2.45) is 13.0 Å². The van der Waals surface area contributed by atoms with E-state index in [9.17, 15) is 18.0 Å². The van der Waals surface area contributed by atoms with E-state index < -0.39 is 21.3 Å². The molecule has 0 saturated carbocycles.